The van der Waals surface area contributed by atoms with Crippen molar-refractivity contribution >= 4 is 21.7 Å². The molecule has 0 bridgehead atoms. The SMILES string of the molecule is O=C(O)C1(C[C@H]2CN(S(=O)(=O)c3cccc(C(F)(F)F)c3)c3cc(-c4cc(F)cc(OC(F)F)c4)ccc3O2)CC(O)[C@H](O)C1. The number of nitrogens with zero attached hydrogens (tertiary/aromatic N) is 1. The number of fused-ring (bicyclic) bond motifs is 1. The third-order valence-corrected chi connectivity index (χ3v) is 9.56. The van der Waals surface area contributed by atoms with E-state index in [1.807, 2.05) is 0 Å². The van der Waals surface area contributed by atoms with Gasteiger partial charge in [-0.3, -0.25) is 9.10 Å². The molecule has 3 N–H and O–H groups in total. The Labute approximate surface area is 252 Å². The van der Waals surface area contributed by atoms with Gasteiger partial charge < -0.3 is 24.8 Å². The van der Waals surface area contributed by atoms with Crippen molar-refractivity contribution < 1.29 is 64.3 Å². The first-order valence-corrected chi connectivity index (χ1v) is 14.8. The van der Waals surface area contributed by atoms with Gasteiger partial charge in [-0.2, -0.15) is 22.0 Å². The third-order valence-electron chi connectivity index (χ3n) is 7.79. The number of anilines is 1. The second kappa shape index (κ2) is 11.7. The van der Waals surface area contributed by atoms with E-state index in [-0.39, 0.29) is 41.8 Å². The maximum atomic E-state index is 14.3. The van der Waals surface area contributed by atoms with Crippen LogP contribution in [0.2, 0.25) is 0 Å². The van der Waals surface area contributed by atoms with Gasteiger partial charge in [0.25, 0.3) is 10.0 Å². The first kappa shape index (κ1) is 32.4. The van der Waals surface area contributed by atoms with Crippen molar-refractivity contribution in [3.63, 3.8) is 0 Å². The molecule has 16 heteroatoms. The van der Waals surface area contributed by atoms with Crippen LogP contribution in [0.25, 0.3) is 11.1 Å². The number of carbonyl (C=O) groups is 1. The van der Waals surface area contributed by atoms with Crippen LogP contribution in [0.15, 0.2) is 65.6 Å². The molecule has 1 saturated carbocycles. The number of carboxylic acid groups (broad SMARTS) is 1. The largest absolute Gasteiger partial charge is 0.486 e. The molecular weight excluding hydrogens is 636 g/mol. The van der Waals surface area contributed by atoms with Crippen molar-refractivity contribution in [2.45, 2.75) is 55.3 Å². The quantitative estimate of drug-likeness (QED) is 0.286. The van der Waals surface area contributed by atoms with Crippen LogP contribution in [0.4, 0.5) is 32.0 Å². The van der Waals surface area contributed by atoms with Crippen LogP contribution in [-0.4, -0.2) is 61.2 Å². The first-order valence-electron chi connectivity index (χ1n) is 13.3. The Morgan fingerprint density at radius 2 is 1.71 bits per heavy atom. The van der Waals surface area contributed by atoms with E-state index in [1.54, 1.807) is 0 Å². The number of halogens is 6. The molecule has 0 spiro atoms. The van der Waals surface area contributed by atoms with Crippen molar-refractivity contribution in [1.29, 1.82) is 0 Å². The van der Waals surface area contributed by atoms with Gasteiger partial charge in [-0.15, -0.1) is 0 Å². The highest BCUT2D eigenvalue weighted by atomic mass is 32.2. The molecule has 0 saturated heterocycles. The Morgan fingerprint density at radius 1 is 1.02 bits per heavy atom. The van der Waals surface area contributed by atoms with Gasteiger partial charge in [0.05, 0.1) is 40.3 Å². The van der Waals surface area contributed by atoms with Crippen LogP contribution in [0, 0.1) is 11.2 Å². The Balaban J connectivity index is 1.60. The highest BCUT2D eigenvalue weighted by molar-refractivity contribution is 7.92. The van der Waals surface area contributed by atoms with Gasteiger partial charge in [-0.1, -0.05) is 12.1 Å². The van der Waals surface area contributed by atoms with Crippen molar-refractivity contribution in [2.24, 2.45) is 5.41 Å². The van der Waals surface area contributed by atoms with E-state index >= 15 is 0 Å². The van der Waals surface area contributed by atoms with Gasteiger partial charge >= 0.3 is 18.8 Å². The van der Waals surface area contributed by atoms with Crippen molar-refractivity contribution in [3.8, 4) is 22.6 Å². The Kier molecular flexibility index (Phi) is 8.44. The molecule has 0 aromatic heterocycles. The summed E-state index contributed by atoms with van der Waals surface area (Å²) in [6.07, 6.45) is -9.93. The maximum Gasteiger partial charge on any atom is 0.416 e. The molecule has 1 heterocycles. The van der Waals surface area contributed by atoms with E-state index in [0.717, 1.165) is 28.6 Å². The topological polar surface area (TPSA) is 134 Å². The average molecular weight is 662 g/mol. The molecular formula is C29H25F6NO8S. The molecule has 2 unspecified atom stereocenters. The lowest BCUT2D eigenvalue weighted by atomic mass is 9.80. The average Bonchev–Trinajstić information content (AvgIpc) is 3.24. The smallest absolute Gasteiger partial charge is 0.416 e. The van der Waals surface area contributed by atoms with Crippen molar-refractivity contribution in [1.82, 2.24) is 0 Å². The minimum Gasteiger partial charge on any atom is -0.486 e. The zero-order chi connectivity index (χ0) is 32.9. The van der Waals surface area contributed by atoms with Crippen LogP contribution >= 0.6 is 0 Å². The summed E-state index contributed by atoms with van der Waals surface area (Å²) < 4.78 is 119. The van der Waals surface area contributed by atoms with Gasteiger partial charge in [0, 0.05) is 12.5 Å². The Bertz CT molecular complexity index is 1710. The van der Waals surface area contributed by atoms with Crippen LogP contribution in [0.5, 0.6) is 11.5 Å². The number of ether oxygens (including phenoxy) is 2. The zero-order valence-electron chi connectivity index (χ0n) is 22.9. The lowest BCUT2D eigenvalue weighted by Gasteiger charge is -2.38. The van der Waals surface area contributed by atoms with E-state index in [2.05, 4.69) is 4.74 Å². The fourth-order valence-corrected chi connectivity index (χ4v) is 7.25. The summed E-state index contributed by atoms with van der Waals surface area (Å²) >= 11 is 0. The zero-order valence-corrected chi connectivity index (χ0v) is 23.7. The van der Waals surface area contributed by atoms with Gasteiger partial charge in [-0.05, 0) is 66.4 Å². The van der Waals surface area contributed by atoms with E-state index in [1.165, 1.54) is 18.2 Å². The monoisotopic (exact) mass is 661 g/mol. The van der Waals surface area contributed by atoms with Gasteiger partial charge in [0.15, 0.2) is 0 Å². The number of rotatable bonds is 8. The summed E-state index contributed by atoms with van der Waals surface area (Å²) in [5, 5.41) is 30.2. The summed E-state index contributed by atoms with van der Waals surface area (Å²) in [5.74, 6) is -2.98. The standard InChI is InChI=1S/C29H25F6NO8S/c30-18-6-16(7-19(10-18)44-27(31)32)15-4-5-25-22(8-15)36(45(41,42)21-3-1-2-17(9-21)29(33,34)35)14-20(43-25)11-28(26(39)40)12-23(37)24(38)13-28/h1-10,20,23-24,27,37-38H,11-14H2,(H,39,40)/t20-,23+,24?,28?/m0/s1. The minimum absolute atomic E-state index is 0.00856. The summed E-state index contributed by atoms with van der Waals surface area (Å²) in [6, 6.07) is 9.52. The second-order valence-electron chi connectivity index (χ2n) is 10.9. The summed E-state index contributed by atoms with van der Waals surface area (Å²) in [5.41, 5.74) is -3.08. The molecule has 242 valence electrons. The number of aliphatic hydroxyl groups excluding tert-OH is 2. The van der Waals surface area contributed by atoms with E-state index < -0.39 is 81.1 Å². The number of benzene rings is 3. The number of aliphatic carboxylic acids is 1. The molecule has 5 rings (SSSR count). The molecule has 0 radical (unpaired) electrons. The molecule has 3 aromatic carbocycles. The summed E-state index contributed by atoms with van der Waals surface area (Å²) in [4.78, 5) is 11.5. The summed E-state index contributed by atoms with van der Waals surface area (Å²) in [6.45, 7) is -3.86. The van der Waals surface area contributed by atoms with E-state index in [9.17, 15) is 54.9 Å². The number of hydrogen-bond acceptors (Lipinski definition) is 7. The Morgan fingerprint density at radius 3 is 2.33 bits per heavy atom. The van der Waals surface area contributed by atoms with E-state index in [0.29, 0.717) is 18.2 Å². The van der Waals surface area contributed by atoms with Crippen molar-refractivity contribution in [3.05, 3.63) is 72.0 Å². The maximum absolute atomic E-state index is 14.3. The van der Waals surface area contributed by atoms with Crippen LogP contribution in [0.3, 0.4) is 0 Å². The lowest BCUT2D eigenvalue weighted by molar-refractivity contribution is -0.151. The number of sulfonamides is 1. The molecule has 2 aliphatic rings. The lowest BCUT2D eigenvalue weighted by Crippen LogP contribution is -2.47. The number of carboxylic acids is 1. The highest BCUT2D eigenvalue weighted by Gasteiger charge is 2.52. The number of alkyl halides is 5. The third kappa shape index (κ3) is 6.53. The van der Waals surface area contributed by atoms with Crippen molar-refractivity contribution in [2.75, 3.05) is 10.8 Å². The molecule has 3 aromatic rings. The van der Waals surface area contributed by atoms with Gasteiger partial charge in [-0.25, -0.2) is 12.8 Å². The molecule has 4 atom stereocenters. The molecule has 45 heavy (non-hydrogen) atoms. The second-order valence-corrected chi connectivity index (χ2v) is 12.7. The van der Waals surface area contributed by atoms with Crippen LogP contribution in [0.1, 0.15) is 24.8 Å². The normalized spacial score (nSPS) is 23.5. The fourth-order valence-electron chi connectivity index (χ4n) is 5.71. The molecule has 0 amide bonds. The molecule has 1 aliphatic carbocycles. The van der Waals surface area contributed by atoms with E-state index in [4.69, 9.17) is 4.74 Å². The number of aliphatic hydroxyl groups is 2. The van der Waals surface area contributed by atoms with Crippen LogP contribution in [-0.2, 0) is 21.0 Å². The predicted octanol–water partition coefficient (Wildman–Crippen LogP) is 5.05. The molecule has 1 fully saturated rings. The van der Waals surface area contributed by atoms with Gasteiger partial charge in [0.2, 0.25) is 0 Å². The molecule has 1 aliphatic heterocycles. The summed E-state index contributed by atoms with van der Waals surface area (Å²) in [7, 11) is -4.81. The highest BCUT2D eigenvalue weighted by Crippen LogP contribution is 2.47. The molecule has 9 nitrogen and oxygen atoms in total. The minimum atomic E-state index is -4.88. The van der Waals surface area contributed by atoms with Gasteiger partial charge in [0.1, 0.15) is 23.4 Å². The van der Waals surface area contributed by atoms with Crippen LogP contribution < -0.4 is 13.8 Å². The predicted molar refractivity (Wildman–Crippen MR) is 145 cm³/mol. The Hall–Kier alpha value is -4.02. The fraction of sp³-hybridized carbons (Fsp3) is 0.345. The first-order chi connectivity index (χ1) is 21.0. The number of hydrogen-bond donors (Lipinski definition) is 3.